The predicted molar refractivity (Wildman–Crippen MR) is 113 cm³/mol. The molecule has 0 saturated carbocycles. The van der Waals surface area contributed by atoms with Crippen LogP contribution >= 0.6 is 24.0 Å². The van der Waals surface area contributed by atoms with Gasteiger partial charge in [0, 0.05) is 45.0 Å². The molecule has 0 aliphatic rings. The van der Waals surface area contributed by atoms with Crippen LogP contribution < -0.4 is 15.4 Å². The Morgan fingerprint density at radius 2 is 2.08 bits per heavy atom. The van der Waals surface area contributed by atoms with Gasteiger partial charge in [-0.1, -0.05) is 25.1 Å². The molecule has 1 atom stereocenters. The number of halogens is 1. The predicted octanol–water partition coefficient (Wildman–Crippen LogP) is 2.87. The molecule has 0 bridgehead atoms. The third-order valence-electron chi connectivity index (χ3n) is 3.88. The van der Waals surface area contributed by atoms with Gasteiger partial charge in [0.1, 0.15) is 5.75 Å². The van der Waals surface area contributed by atoms with E-state index in [9.17, 15) is 0 Å². The molecule has 1 aromatic heterocycles. The summed E-state index contributed by atoms with van der Waals surface area (Å²) >= 11 is 0. The van der Waals surface area contributed by atoms with E-state index in [2.05, 4.69) is 33.7 Å². The van der Waals surface area contributed by atoms with E-state index in [4.69, 9.17) is 4.74 Å². The summed E-state index contributed by atoms with van der Waals surface area (Å²) in [7, 11) is 3.50. The third-order valence-corrected chi connectivity index (χ3v) is 3.88. The summed E-state index contributed by atoms with van der Waals surface area (Å²) in [6.07, 6.45) is 4.76. The Bertz CT molecular complexity index is 630. The van der Waals surface area contributed by atoms with E-state index in [1.165, 1.54) is 5.56 Å². The Balaban J connectivity index is 0.00000312. The fourth-order valence-electron chi connectivity index (χ4n) is 2.53. The first-order valence-corrected chi connectivity index (χ1v) is 8.29. The van der Waals surface area contributed by atoms with Crippen molar-refractivity contribution < 1.29 is 4.74 Å². The molecule has 0 spiro atoms. The monoisotopic (exact) mass is 457 g/mol. The minimum atomic E-state index is 0. The minimum Gasteiger partial charge on any atom is -0.496 e. The zero-order valence-corrected chi connectivity index (χ0v) is 17.4. The molecule has 0 amide bonds. The number of aliphatic imine (C=N–C) groups is 1. The molecule has 2 rings (SSSR count). The zero-order valence-electron chi connectivity index (χ0n) is 15.1. The van der Waals surface area contributed by atoms with Crippen molar-refractivity contribution in [2.75, 3.05) is 27.2 Å². The fourth-order valence-corrected chi connectivity index (χ4v) is 2.53. The van der Waals surface area contributed by atoms with E-state index in [0.717, 1.165) is 37.8 Å². The first-order valence-electron chi connectivity index (χ1n) is 8.29. The molecule has 1 aromatic carbocycles. The maximum atomic E-state index is 5.43. The lowest BCUT2D eigenvalue weighted by Gasteiger charge is -2.18. The van der Waals surface area contributed by atoms with Gasteiger partial charge in [-0.15, -0.1) is 24.0 Å². The van der Waals surface area contributed by atoms with E-state index >= 15 is 0 Å². The Hall–Kier alpha value is -1.77. The first-order chi connectivity index (χ1) is 11.7. The summed E-state index contributed by atoms with van der Waals surface area (Å²) in [5.74, 6) is 2.06. The van der Waals surface area contributed by atoms with Gasteiger partial charge < -0.3 is 15.4 Å². The summed E-state index contributed by atoms with van der Waals surface area (Å²) in [5.41, 5.74) is 1.20. The average Bonchev–Trinajstić information content (AvgIpc) is 3.14. The van der Waals surface area contributed by atoms with Crippen molar-refractivity contribution in [3.63, 3.8) is 0 Å². The molecule has 1 heterocycles. The lowest BCUT2D eigenvalue weighted by atomic mass is 10.0. The molecule has 0 fully saturated rings. The van der Waals surface area contributed by atoms with Gasteiger partial charge in [0.25, 0.3) is 0 Å². The maximum Gasteiger partial charge on any atom is 0.190 e. The van der Waals surface area contributed by atoms with E-state index in [1.807, 2.05) is 35.1 Å². The van der Waals surface area contributed by atoms with Gasteiger partial charge in [-0.25, -0.2) is 0 Å². The van der Waals surface area contributed by atoms with Gasteiger partial charge in [0.2, 0.25) is 0 Å². The van der Waals surface area contributed by atoms with Gasteiger partial charge >= 0.3 is 0 Å². The second-order valence-electron chi connectivity index (χ2n) is 5.65. The van der Waals surface area contributed by atoms with E-state index in [-0.39, 0.29) is 24.0 Å². The molecule has 0 aliphatic heterocycles. The first kappa shape index (κ1) is 21.3. The highest BCUT2D eigenvalue weighted by Gasteiger charge is 2.11. The molecule has 25 heavy (non-hydrogen) atoms. The standard InChI is InChI=1S/C18H27N5O.HI/c1-15(16-8-4-5-9-17(16)24-3)14-21-18(19-2)20-10-6-12-23-13-7-11-22-23;/h4-5,7-9,11,13,15H,6,10,12,14H2,1-3H3,(H2,19,20,21);1H. The van der Waals surface area contributed by atoms with Crippen molar-refractivity contribution in [2.24, 2.45) is 4.99 Å². The highest BCUT2D eigenvalue weighted by molar-refractivity contribution is 14.0. The SMILES string of the molecule is CN=C(NCCCn1cccn1)NCC(C)c1ccccc1OC.I. The van der Waals surface area contributed by atoms with Crippen molar-refractivity contribution in [3.05, 3.63) is 48.3 Å². The van der Waals surface area contributed by atoms with Crippen LogP contribution in [0, 0.1) is 0 Å². The van der Waals surface area contributed by atoms with Crippen molar-refractivity contribution in [1.29, 1.82) is 0 Å². The summed E-state index contributed by atoms with van der Waals surface area (Å²) in [6, 6.07) is 10.1. The van der Waals surface area contributed by atoms with Crippen molar-refractivity contribution >= 4 is 29.9 Å². The summed E-state index contributed by atoms with van der Waals surface area (Å²) in [5, 5.41) is 10.9. The summed E-state index contributed by atoms with van der Waals surface area (Å²) in [6.45, 7) is 4.71. The van der Waals surface area contributed by atoms with Gasteiger partial charge in [-0.3, -0.25) is 9.67 Å². The Labute approximate surface area is 167 Å². The Morgan fingerprint density at radius 3 is 2.76 bits per heavy atom. The van der Waals surface area contributed by atoms with E-state index in [0.29, 0.717) is 5.92 Å². The van der Waals surface area contributed by atoms with Crippen LogP contribution in [0.1, 0.15) is 24.8 Å². The number of aryl methyl sites for hydroxylation is 1. The second-order valence-corrected chi connectivity index (χ2v) is 5.65. The van der Waals surface area contributed by atoms with Crippen LogP contribution in [0.3, 0.4) is 0 Å². The molecule has 2 aromatic rings. The minimum absolute atomic E-state index is 0. The summed E-state index contributed by atoms with van der Waals surface area (Å²) < 4.78 is 7.36. The van der Waals surface area contributed by atoms with Gasteiger partial charge in [-0.2, -0.15) is 5.10 Å². The quantitative estimate of drug-likeness (QED) is 0.277. The zero-order chi connectivity index (χ0) is 17.2. The van der Waals surface area contributed by atoms with Crippen molar-refractivity contribution in [3.8, 4) is 5.75 Å². The number of benzene rings is 1. The van der Waals surface area contributed by atoms with Crippen LogP contribution in [0.15, 0.2) is 47.7 Å². The fraction of sp³-hybridized carbons (Fsp3) is 0.444. The second kappa shape index (κ2) is 11.7. The largest absolute Gasteiger partial charge is 0.496 e. The summed E-state index contributed by atoms with van der Waals surface area (Å²) in [4.78, 5) is 4.27. The normalized spacial score (nSPS) is 12.2. The Morgan fingerprint density at radius 1 is 1.28 bits per heavy atom. The lowest BCUT2D eigenvalue weighted by molar-refractivity contribution is 0.406. The number of ether oxygens (including phenoxy) is 1. The molecular weight excluding hydrogens is 429 g/mol. The van der Waals surface area contributed by atoms with Crippen LogP contribution in [0.25, 0.3) is 0 Å². The van der Waals surface area contributed by atoms with Crippen LogP contribution in [0.2, 0.25) is 0 Å². The highest BCUT2D eigenvalue weighted by Crippen LogP contribution is 2.25. The number of aromatic nitrogens is 2. The molecule has 0 radical (unpaired) electrons. The number of para-hydroxylation sites is 1. The Kier molecular flexibility index (Phi) is 9.98. The van der Waals surface area contributed by atoms with Gasteiger partial charge in [0.05, 0.1) is 7.11 Å². The van der Waals surface area contributed by atoms with Crippen LogP contribution in [-0.4, -0.2) is 43.0 Å². The van der Waals surface area contributed by atoms with Gasteiger partial charge in [0.15, 0.2) is 5.96 Å². The number of nitrogens with one attached hydrogen (secondary N) is 2. The number of guanidine groups is 1. The molecule has 7 heteroatoms. The van der Waals surface area contributed by atoms with Crippen LogP contribution in [0.4, 0.5) is 0 Å². The molecule has 138 valence electrons. The number of hydrogen-bond donors (Lipinski definition) is 2. The van der Waals surface area contributed by atoms with E-state index < -0.39 is 0 Å². The molecule has 6 nitrogen and oxygen atoms in total. The van der Waals surface area contributed by atoms with E-state index in [1.54, 1.807) is 20.4 Å². The van der Waals surface area contributed by atoms with Crippen molar-refractivity contribution in [1.82, 2.24) is 20.4 Å². The molecule has 0 saturated heterocycles. The number of rotatable bonds is 8. The maximum absolute atomic E-state index is 5.43. The van der Waals surface area contributed by atoms with Crippen molar-refractivity contribution in [2.45, 2.75) is 25.8 Å². The highest BCUT2D eigenvalue weighted by atomic mass is 127. The molecule has 0 aliphatic carbocycles. The van der Waals surface area contributed by atoms with Gasteiger partial charge in [-0.05, 0) is 24.1 Å². The molecule has 2 N–H and O–H groups in total. The van der Waals surface area contributed by atoms with Crippen LogP contribution in [-0.2, 0) is 6.54 Å². The topological polar surface area (TPSA) is 63.5 Å². The third kappa shape index (κ3) is 6.93. The van der Waals surface area contributed by atoms with Crippen LogP contribution in [0.5, 0.6) is 5.75 Å². The number of nitrogens with zero attached hydrogens (tertiary/aromatic N) is 3. The molecular formula is C18H28IN5O. The smallest absolute Gasteiger partial charge is 0.190 e. The molecule has 1 unspecified atom stereocenters. The average molecular weight is 457 g/mol. The number of methoxy groups -OCH3 is 1. The number of hydrogen-bond acceptors (Lipinski definition) is 3. The lowest BCUT2D eigenvalue weighted by Crippen LogP contribution is -2.39.